The molecule has 1 N–H and O–H groups in total. The lowest BCUT2D eigenvalue weighted by molar-refractivity contribution is 0.297. The minimum atomic E-state index is -0.106. The van der Waals surface area contributed by atoms with E-state index in [0.29, 0.717) is 13.2 Å². The quantitative estimate of drug-likeness (QED) is 0.881. The van der Waals surface area contributed by atoms with Crippen molar-refractivity contribution in [2.45, 2.75) is 25.8 Å². The Labute approximate surface area is 108 Å². The van der Waals surface area contributed by atoms with E-state index in [1.54, 1.807) is 0 Å². The number of hydrogen-bond donors (Lipinski definition) is 1. The van der Waals surface area contributed by atoms with Gasteiger partial charge in [-0.15, -0.1) is 0 Å². The van der Waals surface area contributed by atoms with E-state index in [1.165, 1.54) is 5.56 Å². The first-order chi connectivity index (χ1) is 8.79. The van der Waals surface area contributed by atoms with E-state index < -0.39 is 0 Å². The highest BCUT2D eigenvalue weighted by Gasteiger charge is 2.10. The summed E-state index contributed by atoms with van der Waals surface area (Å²) >= 11 is 0. The van der Waals surface area contributed by atoms with E-state index in [4.69, 9.17) is 14.7 Å². The smallest absolute Gasteiger partial charge is 0.161 e. The SMILES string of the molecule is CC(C#N)NCCc1ccc2c(c1)OCCCO2. The summed E-state index contributed by atoms with van der Waals surface area (Å²) in [6.07, 6.45) is 1.80. The van der Waals surface area contributed by atoms with Gasteiger partial charge in [-0.25, -0.2) is 0 Å². The van der Waals surface area contributed by atoms with Crippen LogP contribution in [0.4, 0.5) is 0 Å². The van der Waals surface area contributed by atoms with E-state index >= 15 is 0 Å². The van der Waals surface area contributed by atoms with E-state index in [2.05, 4.69) is 11.4 Å². The third kappa shape index (κ3) is 3.38. The van der Waals surface area contributed by atoms with Gasteiger partial charge in [0, 0.05) is 13.0 Å². The lowest BCUT2D eigenvalue weighted by Crippen LogP contribution is -2.26. The number of nitrogens with one attached hydrogen (secondary N) is 1. The van der Waals surface area contributed by atoms with Crippen molar-refractivity contribution in [2.24, 2.45) is 0 Å². The molecule has 0 amide bonds. The third-order valence-electron chi connectivity index (χ3n) is 2.87. The maximum atomic E-state index is 8.67. The van der Waals surface area contributed by atoms with E-state index in [9.17, 15) is 0 Å². The Bertz CT molecular complexity index is 440. The topological polar surface area (TPSA) is 54.3 Å². The summed E-state index contributed by atoms with van der Waals surface area (Å²) in [6, 6.07) is 8.08. The van der Waals surface area contributed by atoms with Crippen LogP contribution < -0.4 is 14.8 Å². The van der Waals surface area contributed by atoms with Gasteiger partial charge in [-0.3, -0.25) is 0 Å². The molecule has 1 aromatic rings. The molecule has 4 nitrogen and oxygen atoms in total. The summed E-state index contributed by atoms with van der Waals surface area (Å²) < 4.78 is 11.2. The molecule has 2 rings (SSSR count). The number of rotatable bonds is 4. The molecular formula is C14H18N2O2. The molecule has 18 heavy (non-hydrogen) atoms. The molecule has 0 aliphatic carbocycles. The zero-order chi connectivity index (χ0) is 12.8. The van der Waals surface area contributed by atoms with Gasteiger partial charge >= 0.3 is 0 Å². The fourth-order valence-corrected chi connectivity index (χ4v) is 1.84. The maximum Gasteiger partial charge on any atom is 0.161 e. The Balaban J connectivity index is 1.94. The van der Waals surface area contributed by atoms with Crippen LogP contribution in [0, 0.1) is 11.3 Å². The lowest BCUT2D eigenvalue weighted by atomic mass is 10.1. The molecule has 0 saturated carbocycles. The van der Waals surface area contributed by atoms with Crippen LogP contribution in [0.5, 0.6) is 11.5 Å². The Morgan fingerprint density at radius 2 is 2.11 bits per heavy atom. The van der Waals surface area contributed by atoms with E-state index in [1.807, 2.05) is 25.1 Å². The summed E-state index contributed by atoms with van der Waals surface area (Å²) in [5.41, 5.74) is 1.19. The molecule has 1 aliphatic rings. The van der Waals surface area contributed by atoms with Gasteiger partial charge in [-0.05, 0) is 31.0 Å². The Morgan fingerprint density at radius 1 is 1.33 bits per heavy atom. The fourth-order valence-electron chi connectivity index (χ4n) is 1.84. The van der Waals surface area contributed by atoms with Crippen LogP contribution in [0.25, 0.3) is 0 Å². The summed E-state index contributed by atoms with van der Waals surface area (Å²) in [5, 5.41) is 11.8. The van der Waals surface area contributed by atoms with Crippen LogP contribution in [0.1, 0.15) is 18.9 Å². The largest absolute Gasteiger partial charge is 0.490 e. The fraction of sp³-hybridized carbons (Fsp3) is 0.500. The number of nitrogens with zero attached hydrogens (tertiary/aromatic N) is 1. The predicted molar refractivity (Wildman–Crippen MR) is 68.8 cm³/mol. The van der Waals surface area contributed by atoms with Crippen LogP contribution in [0.3, 0.4) is 0 Å². The van der Waals surface area contributed by atoms with Crippen LogP contribution in [0.15, 0.2) is 18.2 Å². The van der Waals surface area contributed by atoms with Gasteiger partial charge in [0.05, 0.1) is 25.3 Å². The second-order valence-corrected chi connectivity index (χ2v) is 4.39. The summed E-state index contributed by atoms with van der Waals surface area (Å²) in [6.45, 7) is 4.07. The number of ether oxygens (including phenoxy) is 2. The Kier molecular flexibility index (Phi) is 4.43. The second kappa shape index (κ2) is 6.27. The predicted octanol–water partition coefficient (Wildman–Crippen LogP) is 1.89. The summed E-state index contributed by atoms with van der Waals surface area (Å²) in [5.74, 6) is 1.66. The molecule has 0 saturated heterocycles. The molecule has 1 unspecified atom stereocenters. The molecule has 1 atom stereocenters. The minimum absolute atomic E-state index is 0.106. The maximum absolute atomic E-state index is 8.67. The molecule has 1 heterocycles. The molecule has 0 bridgehead atoms. The number of nitriles is 1. The zero-order valence-electron chi connectivity index (χ0n) is 10.6. The van der Waals surface area contributed by atoms with Crippen LogP contribution in [-0.2, 0) is 6.42 Å². The molecule has 0 fully saturated rings. The van der Waals surface area contributed by atoms with Crippen LogP contribution in [-0.4, -0.2) is 25.8 Å². The number of fused-ring (bicyclic) bond motifs is 1. The normalized spacial score (nSPS) is 15.6. The first kappa shape index (κ1) is 12.7. The lowest BCUT2D eigenvalue weighted by Gasteiger charge is -2.10. The van der Waals surface area contributed by atoms with Crippen molar-refractivity contribution in [1.82, 2.24) is 5.32 Å². The van der Waals surface area contributed by atoms with Gasteiger partial charge < -0.3 is 14.8 Å². The van der Waals surface area contributed by atoms with Gasteiger partial charge in [0.15, 0.2) is 11.5 Å². The van der Waals surface area contributed by atoms with Crippen molar-refractivity contribution in [3.63, 3.8) is 0 Å². The highest BCUT2D eigenvalue weighted by atomic mass is 16.5. The van der Waals surface area contributed by atoms with Gasteiger partial charge in [-0.2, -0.15) is 5.26 Å². The Hall–Kier alpha value is -1.73. The van der Waals surface area contributed by atoms with E-state index in [0.717, 1.165) is 30.9 Å². The van der Waals surface area contributed by atoms with Crippen LogP contribution >= 0.6 is 0 Å². The van der Waals surface area contributed by atoms with Crippen molar-refractivity contribution in [3.8, 4) is 17.6 Å². The van der Waals surface area contributed by atoms with Crippen molar-refractivity contribution < 1.29 is 9.47 Å². The average molecular weight is 246 g/mol. The van der Waals surface area contributed by atoms with Gasteiger partial charge in [0.25, 0.3) is 0 Å². The van der Waals surface area contributed by atoms with E-state index in [-0.39, 0.29) is 6.04 Å². The molecule has 0 spiro atoms. The van der Waals surface area contributed by atoms with Crippen LogP contribution in [0.2, 0.25) is 0 Å². The number of hydrogen-bond acceptors (Lipinski definition) is 4. The first-order valence-electron chi connectivity index (χ1n) is 6.31. The molecule has 4 heteroatoms. The molecule has 96 valence electrons. The summed E-state index contributed by atoms with van der Waals surface area (Å²) in [4.78, 5) is 0. The highest BCUT2D eigenvalue weighted by molar-refractivity contribution is 5.43. The molecule has 0 aromatic heterocycles. The van der Waals surface area contributed by atoms with Gasteiger partial charge in [0.1, 0.15) is 0 Å². The average Bonchev–Trinajstić information content (AvgIpc) is 2.63. The number of benzene rings is 1. The summed E-state index contributed by atoms with van der Waals surface area (Å²) in [7, 11) is 0. The van der Waals surface area contributed by atoms with Crippen molar-refractivity contribution >= 4 is 0 Å². The van der Waals surface area contributed by atoms with Crippen molar-refractivity contribution in [1.29, 1.82) is 5.26 Å². The molecular weight excluding hydrogens is 228 g/mol. The molecule has 0 radical (unpaired) electrons. The minimum Gasteiger partial charge on any atom is -0.490 e. The molecule has 1 aromatic carbocycles. The van der Waals surface area contributed by atoms with Gasteiger partial charge in [-0.1, -0.05) is 6.07 Å². The zero-order valence-corrected chi connectivity index (χ0v) is 10.6. The second-order valence-electron chi connectivity index (χ2n) is 4.39. The van der Waals surface area contributed by atoms with Crippen molar-refractivity contribution in [3.05, 3.63) is 23.8 Å². The Morgan fingerprint density at radius 3 is 2.89 bits per heavy atom. The molecule has 1 aliphatic heterocycles. The highest BCUT2D eigenvalue weighted by Crippen LogP contribution is 2.30. The third-order valence-corrected chi connectivity index (χ3v) is 2.87. The monoisotopic (exact) mass is 246 g/mol. The first-order valence-corrected chi connectivity index (χ1v) is 6.31. The van der Waals surface area contributed by atoms with Gasteiger partial charge in [0.2, 0.25) is 0 Å². The standard InChI is InChI=1S/C14H18N2O2/c1-11(10-15)16-6-5-12-3-4-13-14(9-12)18-8-2-7-17-13/h3-4,9,11,16H,2,5-8H2,1H3. The van der Waals surface area contributed by atoms with Crippen molar-refractivity contribution in [2.75, 3.05) is 19.8 Å².